The molecular formula is C28H21N3O. The van der Waals surface area contributed by atoms with E-state index in [-0.39, 0.29) is 0 Å². The SMILES string of the molecule is Oc1c(Cc2ccc(-n3cnnc3)cc2)ccc2ccc(C#CCc3ccccc3)cc12. The average molecular weight is 415 g/mol. The van der Waals surface area contributed by atoms with Gasteiger partial charge in [-0.15, -0.1) is 10.2 Å². The molecule has 0 unspecified atom stereocenters. The van der Waals surface area contributed by atoms with Crippen molar-refractivity contribution in [2.45, 2.75) is 12.8 Å². The zero-order chi connectivity index (χ0) is 21.8. The smallest absolute Gasteiger partial charge is 0.126 e. The van der Waals surface area contributed by atoms with Gasteiger partial charge in [0.05, 0.1) is 0 Å². The lowest BCUT2D eigenvalue weighted by molar-refractivity contribution is 0.476. The van der Waals surface area contributed by atoms with Gasteiger partial charge in [0, 0.05) is 29.5 Å². The number of aromatic hydroxyl groups is 1. The minimum atomic E-state index is 0.317. The second kappa shape index (κ2) is 8.79. The third-order valence-electron chi connectivity index (χ3n) is 5.49. The molecule has 0 atom stereocenters. The van der Waals surface area contributed by atoms with Gasteiger partial charge in [0.25, 0.3) is 0 Å². The molecule has 0 radical (unpaired) electrons. The molecule has 0 spiro atoms. The van der Waals surface area contributed by atoms with Crippen molar-refractivity contribution in [1.82, 2.24) is 14.8 Å². The van der Waals surface area contributed by atoms with Crippen LogP contribution in [0.4, 0.5) is 0 Å². The molecule has 4 aromatic carbocycles. The second-order valence-electron chi connectivity index (χ2n) is 7.69. The van der Waals surface area contributed by atoms with Crippen molar-refractivity contribution >= 4 is 10.8 Å². The summed E-state index contributed by atoms with van der Waals surface area (Å²) in [5.74, 6) is 6.78. The molecule has 5 rings (SSSR count). The van der Waals surface area contributed by atoms with Crippen LogP contribution in [0.1, 0.15) is 22.3 Å². The first kappa shape index (κ1) is 19.6. The van der Waals surface area contributed by atoms with E-state index in [4.69, 9.17) is 0 Å². The second-order valence-corrected chi connectivity index (χ2v) is 7.69. The first-order valence-corrected chi connectivity index (χ1v) is 10.5. The zero-order valence-corrected chi connectivity index (χ0v) is 17.4. The highest BCUT2D eigenvalue weighted by Crippen LogP contribution is 2.31. The lowest BCUT2D eigenvalue weighted by Crippen LogP contribution is -1.93. The summed E-state index contributed by atoms with van der Waals surface area (Å²) in [6.07, 6.45) is 4.69. The zero-order valence-electron chi connectivity index (χ0n) is 17.4. The van der Waals surface area contributed by atoms with Crippen molar-refractivity contribution in [3.05, 3.63) is 120 Å². The molecule has 154 valence electrons. The molecule has 0 aliphatic heterocycles. The van der Waals surface area contributed by atoms with Gasteiger partial charge in [-0.2, -0.15) is 0 Å². The fraction of sp³-hybridized carbons (Fsp3) is 0.0714. The Labute approximate surface area is 186 Å². The molecule has 4 nitrogen and oxygen atoms in total. The monoisotopic (exact) mass is 415 g/mol. The van der Waals surface area contributed by atoms with Gasteiger partial charge in [-0.3, -0.25) is 4.57 Å². The Balaban J connectivity index is 1.38. The largest absolute Gasteiger partial charge is 0.507 e. The van der Waals surface area contributed by atoms with Crippen molar-refractivity contribution < 1.29 is 5.11 Å². The number of fused-ring (bicyclic) bond motifs is 1. The van der Waals surface area contributed by atoms with Gasteiger partial charge in [-0.25, -0.2) is 0 Å². The summed E-state index contributed by atoms with van der Waals surface area (Å²) in [5, 5.41) is 20.5. The van der Waals surface area contributed by atoms with E-state index in [2.05, 4.69) is 52.4 Å². The van der Waals surface area contributed by atoms with Gasteiger partial charge in [0.15, 0.2) is 0 Å². The molecule has 0 bridgehead atoms. The Morgan fingerprint density at radius 3 is 2.31 bits per heavy atom. The molecular weight excluding hydrogens is 394 g/mol. The van der Waals surface area contributed by atoms with Crippen LogP contribution in [-0.4, -0.2) is 19.9 Å². The van der Waals surface area contributed by atoms with E-state index in [0.29, 0.717) is 18.6 Å². The fourth-order valence-electron chi connectivity index (χ4n) is 3.75. The van der Waals surface area contributed by atoms with Crippen LogP contribution in [0.25, 0.3) is 16.5 Å². The molecule has 0 aliphatic carbocycles. The van der Waals surface area contributed by atoms with Gasteiger partial charge in [-0.05, 0) is 46.3 Å². The van der Waals surface area contributed by atoms with E-state index in [9.17, 15) is 5.11 Å². The minimum Gasteiger partial charge on any atom is -0.507 e. The number of phenolic OH excluding ortho intramolecular Hbond substituents is 1. The standard InChI is InChI=1S/C28H21N3O/c32-28-25(17-23-10-15-26(16-11-23)31-19-29-30-20-31)14-13-24-12-9-22(18-27(24)28)8-4-7-21-5-2-1-3-6-21/h1-3,5-6,9-16,18-20,32H,7,17H2. The Bertz CT molecular complexity index is 1410. The van der Waals surface area contributed by atoms with Crippen LogP contribution in [0.3, 0.4) is 0 Å². The van der Waals surface area contributed by atoms with Crippen LogP contribution in [0, 0.1) is 11.8 Å². The number of benzene rings is 4. The molecule has 5 aromatic rings. The van der Waals surface area contributed by atoms with Crippen molar-refractivity contribution in [3.63, 3.8) is 0 Å². The van der Waals surface area contributed by atoms with E-state index in [1.807, 2.05) is 59.2 Å². The van der Waals surface area contributed by atoms with Crippen LogP contribution < -0.4 is 0 Å². The summed E-state index contributed by atoms with van der Waals surface area (Å²) in [7, 11) is 0. The Kier molecular flexibility index (Phi) is 5.38. The quantitative estimate of drug-likeness (QED) is 0.405. The lowest BCUT2D eigenvalue weighted by Gasteiger charge is -2.10. The number of rotatable bonds is 4. The maximum Gasteiger partial charge on any atom is 0.126 e. The van der Waals surface area contributed by atoms with E-state index in [1.54, 1.807) is 12.7 Å². The van der Waals surface area contributed by atoms with Crippen molar-refractivity contribution in [1.29, 1.82) is 0 Å². The highest BCUT2D eigenvalue weighted by molar-refractivity contribution is 5.90. The van der Waals surface area contributed by atoms with E-state index < -0.39 is 0 Å². The summed E-state index contributed by atoms with van der Waals surface area (Å²) in [6, 6.07) is 28.4. The molecule has 0 saturated heterocycles. The first-order valence-electron chi connectivity index (χ1n) is 10.5. The summed E-state index contributed by atoms with van der Waals surface area (Å²) < 4.78 is 1.86. The number of phenols is 1. The predicted molar refractivity (Wildman–Crippen MR) is 127 cm³/mol. The van der Waals surface area contributed by atoms with Crippen molar-refractivity contribution in [2.24, 2.45) is 0 Å². The van der Waals surface area contributed by atoms with Gasteiger partial charge in [0.2, 0.25) is 0 Å². The third-order valence-corrected chi connectivity index (χ3v) is 5.49. The molecule has 32 heavy (non-hydrogen) atoms. The molecule has 1 heterocycles. The van der Waals surface area contributed by atoms with Crippen molar-refractivity contribution in [3.8, 4) is 23.3 Å². The molecule has 0 fully saturated rings. The number of aromatic nitrogens is 3. The van der Waals surface area contributed by atoms with Crippen molar-refractivity contribution in [2.75, 3.05) is 0 Å². The number of hydrogen-bond acceptors (Lipinski definition) is 3. The maximum atomic E-state index is 11.0. The summed E-state index contributed by atoms with van der Waals surface area (Å²) >= 11 is 0. The van der Waals surface area contributed by atoms with Crippen LogP contribution in [0.5, 0.6) is 5.75 Å². The summed E-state index contributed by atoms with van der Waals surface area (Å²) in [4.78, 5) is 0. The average Bonchev–Trinajstić information content (AvgIpc) is 3.37. The highest BCUT2D eigenvalue weighted by atomic mass is 16.3. The predicted octanol–water partition coefficient (Wildman–Crippen LogP) is 5.31. The molecule has 0 saturated carbocycles. The number of hydrogen-bond donors (Lipinski definition) is 1. The fourth-order valence-corrected chi connectivity index (χ4v) is 3.75. The van der Waals surface area contributed by atoms with E-state index in [1.165, 1.54) is 5.56 Å². The Hall–Kier alpha value is -4.36. The van der Waals surface area contributed by atoms with Crippen LogP contribution in [0.2, 0.25) is 0 Å². The van der Waals surface area contributed by atoms with Crippen LogP contribution in [0.15, 0.2) is 97.6 Å². The Morgan fingerprint density at radius 2 is 1.53 bits per heavy atom. The third kappa shape index (κ3) is 4.23. The molecule has 0 amide bonds. The Morgan fingerprint density at radius 1 is 0.781 bits per heavy atom. The molecule has 4 heteroatoms. The van der Waals surface area contributed by atoms with Crippen LogP contribution >= 0.6 is 0 Å². The molecule has 1 N–H and O–H groups in total. The van der Waals surface area contributed by atoms with Gasteiger partial charge >= 0.3 is 0 Å². The normalized spacial score (nSPS) is 10.6. The minimum absolute atomic E-state index is 0.317. The van der Waals surface area contributed by atoms with Gasteiger partial charge < -0.3 is 5.11 Å². The number of nitrogens with zero attached hydrogens (tertiary/aromatic N) is 3. The van der Waals surface area contributed by atoms with Gasteiger partial charge in [-0.1, -0.05) is 72.5 Å². The maximum absolute atomic E-state index is 11.0. The summed E-state index contributed by atoms with van der Waals surface area (Å²) in [5.41, 5.74) is 5.11. The topological polar surface area (TPSA) is 50.9 Å². The molecule has 1 aromatic heterocycles. The summed E-state index contributed by atoms with van der Waals surface area (Å²) in [6.45, 7) is 0. The van der Waals surface area contributed by atoms with Gasteiger partial charge in [0.1, 0.15) is 18.4 Å². The lowest BCUT2D eigenvalue weighted by atomic mass is 9.98. The highest BCUT2D eigenvalue weighted by Gasteiger charge is 2.08. The van der Waals surface area contributed by atoms with Crippen LogP contribution in [-0.2, 0) is 12.8 Å². The molecule has 0 aliphatic rings. The van der Waals surface area contributed by atoms with E-state index >= 15 is 0 Å². The van der Waals surface area contributed by atoms with E-state index in [0.717, 1.165) is 33.2 Å². The first-order chi connectivity index (χ1) is 15.8.